The van der Waals surface area contributed by atoms with Crippen molar-refractivity contribution in [2.24, 2.45) is 18.4 Å². The summed E-state index contributed by atoms with van der Waals surface area (Å²) in [6, 6.07) is 5.01. The third-order valence-electron chi connectivity index (χ3n) is 8.12. The molecule has 1 aromatic heterocycles. The molecule has 3 fully saturated rings. The van der Waals surface area contributed by atoms with Gasteiger partial charge in [0.1, 0.15) is 11.6 Å². The van der Waals surface area contributed by atoms with Crippen molar-refractivity contribution in [1.82, 2.24) is 19.4 Å². The smallest absolute Gasteiger partial charge is 0.410 e. The monoisotopic (exact) mass is 511 g/mol. The van der Waals surface area contributed by atoms with E-state index in [2.05, 4.69) is 10.6 Å². The van der Waals surface area contributed by atoms with Crippen LogP contribution in [0, 0.1) is 11.3 Å². The summed E-state index contributed by atoms with van der Waals surface area (Å²) in [5.41, 5.74) is 1.87. The first kappa shape index (κ1) is 25.4. The quantitative estimate of drug-likeness (QED) is 0.610. The average molecular weight is 512 g/mol. The number of nitrogens with one attached hydrogen (secondary N) is 2. The van der Waals surface area contributed by atoms with Crippen LogP contribution in [0.25, 0.3) is 11.0 Å². The molecule has 3 aliphatic rings. The number of anilines is 1. The lowest BCUT2D eigenvalue weighted by Gasteiger charge is -2.52. The highest BCUT2D eigenvalue weighted by molar-refractivity contribution is 6.00. The molecule has 3 amide bonds. The highest BCUT2D eigenvalue weighted by Gasteiger charge is 2.46. The summed E-state index contributed by atoms with van der Waals surface area (Å²) in [4.78, 5) is 51.4. The molecule has 10 heteroatoms. The number of carbonyl (C=O) groups is 3. The lowest BCUT2D eigenvalue weighted by atomic mass is 9.57. The first-order chi connectivity index (χ1) is 17.5. The van der Waals surface area contributed by atoms with E-state index in [1.165, 1.54) is 4.57 Å². The van der Waals surface area contributed by atoms with Crippen LogP contribution in [-0.4, -0.2) is 57.2 Å². The minimum atomic E-state index is -0.692. The number of piperidine rings is 2. The van der Waals surface area contributed by atoms with E-state index in [0.717, 1.165) is 56.5 Å². The van der Waals surface area contributed by atoms with E-state index in [1.807, 2.05) is 43.9 Å². The molecule has 0 radical (unpaired) electrons. The van der Waals surface area contributed by atoms with Gasteiger partial charge in [0, 0.05) is 33.1 Å². The molecule has 3 heterocycles. The first-order valence-electron chi connectivity index (χ1n) is 13.2. The number of fused-ring (bicyclic) bond motifs is 1. The summed E-state index contributed by atoms with van der Waals surface area (Å²) in [5.74, 6) is -0.204. The van der Waals surface area contributed by atoms with Gasteiger partial charge in [0.15, 0.2) is 0 Å². The van der Waals surface area contributed by atoms with Crippen molar-refractivity contribution in [3.63, 3.8) is 0 Å². The van der Waals surface area contributed by atoms with E-state index >= 15 is 0 Å². The van der Waals surface area contributed by atoms with Crippen LogP contribution in [0.3, 0.4) is 0 Å². The minimum absolute atomic E-state index is 0.218. The number of ether oxygens (including phenoxy) is 1. The number of carbonyl (C=O) groups excluding carboxylic acids is 3. The first-order valence-corrected chi connectivity index (χ1v) is 13.2. The summed E-state index contributed by atoms with van der Waals surface area (Å²) in [6.45, 7) is 7.95. The molecule has 1 unspecified atom stereocenters. The molecule has 1 aliphatic carbocycles. The number of imide groups is 1. The fraction of sp³-hybridized carbons (Fsp3) is 0.630. The van der Waals surface area contributed by atoms with E-state index in [4.69, 9.17) is 4.74 Å². The Morgan fingerprint density at radius 3 is 2.51 bits per heavy atom. The van der Waals surface area contributed by atoms with Gasteiger partial charge in [-0.15, -0.1) is 0 Å². The normalized spacial score (nSPS) is 22.2. The number of hydrogen-bond donors (Lipinski definition) is 2. The number of aryl methyl sites for hydroxylation is 1. The van der Waals surface area contributed by atoms with Crippen LogP contribution in [0.15, 0.2) is 23.0 Å². The minimum Gasteiger partial charge on any atom is -0.444 e. The Morgan fingerprint density at radius 2 is 1.86 bits per heavy atom. The van der Waals surface area contributed by atoms with Crippen molar-refractivity contribution in [1.29, 1.82) is 0 Å². The number of para-hydroxylation sites is 1. The fourth-order valence-corrected chi connectivity index (χ4v) is 6.27. The molecule has 2 N–H and O–H groups in total. The van der Waals surface area contributed by atoms with Crippen molar-refractivity contribution in [3.05, 3.63) is 28.7 Å². The van der Waals surface area contributed by atoms with Gasteiger partial charge in [-0.25, -0.2) is 9.59 Å². The largest absolute Gasteiger partial charge is 0.444 e. The maximum absolute atomic E-state index is 13.1. The second kappa shape index (κ2) is 9.22. The SMILES string of the molecule is Cn1c(=O)n(C2CCC(=O)NC2=O)c2cccc(NCC3CC4(CCN(C(=O)OC(C)(C)C)CC4)C3)c21. The third kappa shape index (κ3) is 4.85. The maximum Gasteiger partial charge on any atom is 0.410 e. The van der Waals surface area contributed by atoms with Crippen molar-refractivity contribution >= 4 is 34.6 Å². The summed E-state index contributed by atoms with van der Waals surface area (Å²) in [7, 11) is 1.72. The van der Waals surface area contributed by atoms with E-state index in [9.17, 15) is 19.2 Å². The Labute approximate surface area is 216 Å². The van der Waals surface area contributed by atoms with E-state index in [0.29, 0.717) is 23.3 Å². The van der Waals surface area contributed by atoms with Gasteiger partial charge in [-0.1, -0.05) is 6.07 Å². The molecule has 1 aromatic carbocycles. The third-order valence-corrected chi connectivity index (χ3v) is 8.12. The summed E-state index contributed by atoms with van der Waals surface area (Å²) < 4.78 is 8.62. The highest BCUT2D eigenvalue weighted by Crippen LogP contribution is 2.52. The van der Waals surface area contributed by atoms with Crippen molar-refractivity contribution < 1.29 is 19.1 Å². The van der Waals surface area contributed by atoms with Gasteiger partial charge in [0.25, 0.3) is 0 Å². The highest BCUT2D eigenvalue weighted by atomic mass is 16.6. The molecule has 1 atom stereocenters. The predicted octanol–water partition coefficient (Wildman–Crippen LogP) is 3.16. The Bertz CT molecular complexity index is 1290. The topological polar surface area (TPSA) is 115 Å². The second-order valence-corrected chi connectivity index (χ2v) is 12.0. The number of rotatable bonds is 4. The van der Waals surface area contributed by atoms with E-state index in [-0.39, 0.29) is 24.1 Å². The van der Waals surface area contributed by atoms with Gasteiger partial charge in [-0.2, -0.15) is 0 Å². The van der Waals surface area contributed by atoms with Gasteiger partial charge in [0.2, 0.25) is 11.8 Å². The number of likely N-dealkylation sites (tertiary alicyclic amines) is 1. The molecule has 5 rings (SSSR count). The Kier molecular flexibility index (Phi) is 6.32. The van der Waals surface area contributed by atoms with Crippen molar-refractivity contribution in [2.45, 2.75) is 70.9 Å². The number of aromatic nitrogens is 2. The van der Waals surface area contributed by atoms with Crippen LogP contribution in [0.2, 0.25) is 0 Å². The standard InChI is InChI=1S/C27H37N5O5/c1-26(2,3)37-25(36)31-12-10-27(11-13-31)14-17(15-27)16-28-18-6-5-7-19-22(18)30(4)24(35)32(19)20-8-9-21(33)29-23(20)34/h5-7,17,20,28H,8-16H2,1-4H3,(H,29,33,34). The van der Waals surface area contributed by atoms with Crippen molar-refractivity contribution in [2.75, 3.05) is 25.0 Å². The Balaban J connectivity index is 1.22. The van der Waals surface area contributed by atoms with Crippen LogP contribution in [-0.2, 0) is 21.4 Å². The van der Waals surface area contributed by atoms with E-state index in [1.54, 1.807) is 11.6 Å². The molecule has 2 aliphatic heterocycles. The number of hydrogen-bond acceptors (Lipinski definition) is 6. The zero-order chi connectivity index (χ0) is 26.5. The van der Waals surface area contributed by atoms with Crippen LogP contribution >= 0.6 is 0 Å². The number of imidazole rings is 1. The fourth-order valence-electron chi connectivity index (χ4n) is 6.27. The summed E-state index contributed by atoms with van der Waals surface area (Å²) >= 11 is 0. The van der Waals surface area contributed by atoms with Gasteiger partial charge < -0.3 is 15.0 Å². The van der Waals surface area contributed by atoms with Gasteiger partial charge in [-0.3, -0.25) is 24.0 Å². The Morgan fingerprint density at radius 1 is 1.16 bits per heavy atom. The number of nitrogens with zero attached hydrogens (tertiary/aromatic N) is 3. The molecular formula is C27H37N5O5. The molecular weight excluding hydrogens is 474 g/mol. The molecule has 37 heavy (non-hydrogen) atoms. The van der Waals surface area contributed by atoms with Crippen molar-refractivity contribution in [3.8, 4) is 0 Å². The van der Waals surface area contributed by atoms with Gasteiger partial charge >= 0.3 is 11.8 Å². The van der Waals surface area contributed by atoms with Crippen LogP contribution < -0.4 is 16.3 Å². The molecule has 200 valence electrons. The number of amides is 3. The molecule has 1 saturated carbocycles. The van der Waals surface area contributed by atoms with E-state index < -0.39 is 17.6 Å². The molecule has 2 saturated heterocycles. The Hall–Kier alpha value is -3.30. The van der Waals surface area contributed by atoms with Crippen LogP contribution in [0.1, 0.15) is 65.3 Å². The molecule has 1 spiro atoms. The van der Waals surface area contributed by atoms with Crippen LogP contribution in [0.5, 0.6) is 0 Å². The lowest BCUT2D eigenvalue weighted by molar-refractivity contribution is -0.135. The predicted molar refractivity (Wildman–Crippen MR) is 139 cm³/mol. The molecule has 0 bridgehead atoms. The molecule has 10 nitrogen and oxygen atoms in total. The number of benzene rings is 1. The lowest BCUT2D eigenvalue weighted by Crippen LogP contribution is -2.50. The zero-order valence-electron chi connectivity index (χ0n) is 22.1. The van der Waals surface area contributed by atoms with Crippen LogP contribution in [0.4, 0.5) is 10.5 Å². The van der Waals surface area contributed by atoms with Gasteiger partial charge in [0.05, 0.1) is 16.7 Å². The van der Waals surface area contributed by atoms with Gasteiger partial charge in [-0.05, 0) is 76.3 Å². The summed E-state index contributed by atoms with van der Waals surface area (Å²) in [5, 5.41) is 5.91. The average Bonchev–Trinajstić information content (AvgIpc) is 3.06. The maximum atomic E-state index is 13.1. The summed E-state index contributed by atoms with van der Waals surface area (Å²) in [6.07, 6.45) is 4.56. The second-order valence-electron chi connectivity index (χ2n) is 12.0. The zero-order valence-corrected chi connectivity index (χ0v) is 22.1. The molecule has 2 aromatic rings.